The van der Waals surface area contributed by atoms with E-state index >= 15 is 0 Å². The highest BCUT2D eigenvalue weighted by atomic mass is 19.1. The van der Waals surface area contributed by atoms with Crippen molar-refractivity contribution in [3.8, 4) is 17.3 Å². The molecule has 6 nitrogen and oxygen atoms in total. The smallest absolute Gasteiger partial charge is 0.254 e. The van der Waals surface area contributed by atoms with Crippen molar-refractivity contribution in [3.05, 3.63) is 72.2 Å². The molecule has 4 rings (SSSR count). The molecule has 166 valence electrons. The Labute approximate surface area is 185 Å². The number of aromatic nitrogens is 3. The Bertz CT molecular complexity index is 1060. The minimum absolute atomic E-state index is 0.0783. The third kappa shape index (κ3) is 4.74. The van der Waals surface area contributed by atoms with Crippen molar-refractivity contribution in [1.82, 2.24) is 19.9 Å². The summed E-state index contributed by atoms with van der Waals surface area (Å²) in [7, 11) is 0. The first-order valence-electron chi connectivity index (χ1n) is 10.7. The Morgan fingerprint density at radius 3 is 2.62 bits per heavy atom. The molecule has 2 aromatic heterocycles. The van der Waals surface area contributed by atoms with Crippen LogP contribution < -0.4 is 4.74 Å². The van der Waals surface area contributed by atoms with Gasteiger partial charge in [-0.1, -0.05) is 6.92 Å². The predicted molar refractivity (Wildman–Crippen MR) is 115 cm³/mol. The SMILES string of the molecule is CCC1[C@@H](COc2ccc(F)cn2)CCCN1C(=O)c1cc(F)ccc1-c1ncccn1. The maximum Gasteiger partial charge on any atom is 0.254 e. The molecule has 0 saturated carbocycles. The number of carbonyl (C=O) groups excluding carboxylic acids is 1. The summed E-state index contributed by atoms with van der Waals surface area (Å²) in [6.07, 6.45) is 6.71. The molecule has 8 heteroatoms. The number of rotatable bonds is 6. The van der Waals surface area contributed by atoms with E-state index < -0.39 is 11.6 Å². The lowest BCUT2D eigenvalue weighted by molar-refractivity contribution is 0.0392. The van der Waals surface area contributed by atoms with Gasteiger partial charge in [-0.15, -0.1) is 0 Å². The van der Waals surface area contributed by atoms with Crippen LogP contribution in [0, 0.1) is 17.6 Å². The summed E-state index contributed by atoms with van der Waals surface area (Å²) >= 11 is 0. The van der Waals surface area contributed by atoms with Crippen LogP contribution in [0.5, 0.6) is 5.88 Å². The molecule has 1 aromatic carbocycles. The normalized spacial score (nSPS) is 18.4. The van der Waals surface area contributed by atoms with Crippen LogP contribution in [-0.2, 0) is 0 Å². The average Bonchev–Trinajstić information content (AvgIpc) is 2.83. The zero-order valence-electron chi connectivity index (χ0n) is 17.7. The van der Waals surface area contributed by atoms with Crippen LogP contribution in [0.1, 0.15) is 36.5 Å². The van der Waals surface area contributed by atoms with Crippen LogP contribution in [0.25, 0.3) is 11.4 Å². The van der Waals surface area contributed by atoms with Crippen molar-refractivity contribution >= 4 is 5.91 Å². The Kier molecular flexibility index (Phi) is 6.68. The first kappa shape index (κ1) is 21.8. The third-order valence-electron chi connectivity index (χ3n) is 5.76. The Balaban J connectivity index is 1.56. The topological polar surface area (TPSA) is 68.2 Å². The van der Waals surface area contributed by atoms with Gasteiger partial charge >= 0.3 is 0 Å². The van der Waals surface area contributed by atoms with Crippen molar-refractivity contribution in [2.75, 3.05) is 13.2 Å². The minimum atomic E-state index is -0.486. The maximum atomic E-state index is 14.1. The number of ether oxygens (including phenoxy) is 1. The lowest BCUT2D eigenvalue weighted by atomic mass is 9.87. The molecule has 2 atom stereocenters. The fourth-order valence-corrected chi connectivity index (χ4v) is 4.26. The van der Waals surface area contributed by atoms with Crippen LogP contribution in [0.3, 0.4) is 0 Å². The monoisotopic (exact) mass is 438 g/mol. The Hall–Kier alpha value is -3.42. The standard InChI is InChI=1S/C24H24F2N4O2/c1-2-21-16(15-32-22-9-7-18(26)14-29-22)5-3-12-30(21)24(31)20-13-17(25)6-8-19(20)23-27-10-4-11-28-23/h4,6-11,13-14,16,21H,2-3,5,12,15H2,1H3/t16-,21?/m1/s1. The van der Waals surface area contributed by atoms with Gasteiger partial charge in [0.25, 0.3) is 5.91 Å². The highest BCUT2D eigenvalue weighted by molar-refractivity contribution is 6.00. The van der Waals surface area contributed by atoms with Crippen LogP contribution in [-0.4, -0.2) is 45.0 Å². The van der Waals surface area contributed by atoms with Crippen molar-refractivity contribution in [2.24, 2.45) is 5.92 Å². The van der Waals surface area contributed by atoms with E-state index in [2.05, 4.69) is 15.0 Å². The molecular formula is C24H24F2N4O2. The third-order valence-corrected chi connectivity index (χ3v) is 5.76. The molecule has 0 N–H and O–H groups in total. The van der Waals surface area contributed by atoms with E-state index in [1.165, 1.54) is 24.3 Å². The number of carbonyl (C=O) groups is 1. The molecule has 1 saturated heterocycles. The lowest BCUT2D eigenvalue weighted by Crippen LogP contribution is -2.49. The predicted octanol–water partition coefficient (Wildman–Crippen LogP) is 4.53. The number of halogens is 2. The van der Waals surface area contributed by atoms with Gasteiger partial charge in [0.2, 0.25) is 5.88 Å². The summed E-state index contributed by atoms with van der Waals surface area (Å²) in [6, 6.07) is 8.50. The summed E-state index contributed by atoms with van der Waals surface area (Å²) in [5.74, 6) is -0.355. The molecule has 0 aliphatic carbocycles. The number of amides is 1. The second-order valence-corrected chi connectivity index (χ2v) is 7.76. The van der Waals surface area contributed by atoms with Crippen molar-refractivity contribution in [1.29, 1.82) is 0 Å². The largest absolute Gasteiger partial charge is 0.477 e. The molecule has 1 unspecified atom stereocenters. The molecule has 1 aliphatic heterocycles. The summed E-state index contributed by atoms with van der Waals surface area (Å²) < 4.78 is 33.0. The van der Waals surface area contributed by atoms with E-state index in [9.17, 15) is 13.6 Å². The molecule has 1 fully saturated rings. The fourth-order valence-electron chi connectivity index (χ4n) is 4.26. The average molecular weight is 438 g/mol. The Morgan fingerprint density at radius 1 is 1.12 bits per heavy atom. The van der Waals surface area contributed by atoms with E-state index in [1.807, 2.05) is 6.92 Å². The van der Waals surface area contributed by atoms with E-state index in [0.29, 0.717) is 30.4 Å². The van der Waals surface area contributed by atoms with Crippen LogP contribution in [0.4, 0.5) is 8.78 Å². The molecular weight excluding hydrogens is 414 g/mol. The molecule has 3 aromatic rings. The van der Waals surface area contributed by atoms with E-state index in [0.717, 1.165) is 25.5 Å². The van der Waals surface area contributed by atoms with Crippen molar-refractivity contribution in [2.45, 2.75) is 32.2 Å². The van der Waals surface area contributed by atoms with E-state index in [-0.39, 0.29) is 23.4 Å². The number of likely N-dealkylation sites (tertiary alicyclic amines) is 1. The van der Waals surface area contributed by atoms with Gasteiger partial charge in [0.1, 0.15) is 11.6 Å². The number of nitrogens with zero attached hydrogens (tertiary/aromatic N) is 4. The zero-order valence-corrected chi connectivity index (χ0v) is 17.7. The first-order valence-corrected chi connectivity index (χ1v) is 10.7. The van der Waals surface area contributed by atoms with Gasteiger partial charge in [-0.25, -0.2) is 23.7 Å². The van der Waals surface area contributed by atoms with E-state index in [1.54, 1.807) is 29.4 Å². The zero-order chi connectivity index (χ0) is 22.5. The van der Waals surface area contributed by atoms with Gasteiger partial charge in [-0.05, 0) is 49.6 Å². The molecule has 0 spiro atoms. The van der Waals surface area contributed by atoms with E-state index in [4.69, 9.17) is 4.74 Å². The second-order valence-electron chi connectivity index (χ2n) is 7.76. The van der Waals surface area contributed by atoms with Gasteiger partial charge in [-0.3, -0.25) is 4.79 Å². The van der Waals surface area contributed by atoms with Crippen LogP contribution in [0.2, 0.25) is 0 Å². The highest BCUT2D eigenvalue weighted by Crippen LogP contribution is 2.30. The molecule has 32 heavy (non-hydrogen) atoms. The summed E-state index contributed by atoms with van der Waals surface area (Å²) in [6.45, 7) is 2.96. The van der Waals surface area contributed by atoms with Gasteiger partial charge in [-0.2, -0.15) is 0 Å². The van der Waals surface area contributed by atoms with Gasteiger partial charge in [0, 0.05) is 42.5 Å². The number of piperidine rings is 1. The highest BCUT2D eigenvalue weighted by Gasteiger charge is 2.35. The second kappa shape index (κ2) is 9.80. The summed E-state index contributed by atoms with van der Waals surface area (Å²) in [4.78, 5) is 27.8. The number of hydrogen-bond acceptors (Lipinski definition) is 5. The molecule has 1 aliphatic rings. The maximum absolute atomic E-state index is 14.1. The fraction of sp³-hybridized carbons (Fsp3) is 0.333. The number of pyridine rings is 1. The van der Waals surface area contributed by atoms with Gasteiger partial charge in [0.15, 0.2) is 5.82 Å². The molecule has 0 bridgehead atoms. The van der Waals surface area contributed by atoms with Gasteiger partial charge < -0.3 is 9.64 Å². The molecule has 3 heterocycles. The van der Waals surface area contributed by atoms with Gasteiger partial charge in [0.05, 0.1) is 18.4 Å². The van der Waals surface area contributed by atoms with Crippen LogP contribution in [0.15, 0.2) is 55.0 Å². The minimum Gasteiger partial charge on any atom is -0.477 e. The lowest BCUT2D eigenvalue weighted by Gasteiger charge is -2.41. The van der Waals surface area contributed by atoms with Crippen LogP contribution >= 0.6 is 0 Å². The number of benzene rings is 1. The Morgan fingerprint density at radius 2 is 1.91 bits per heavy atom. The molecule has 1 amide bonds. The molecule has 0 radical (unpaired) electrons. The summed E-state index contributed by atoms with van der Waals surface area (Å²) in [5, 5.41) is 0. The van der Waals surface area contributed by atoms with Crippen molar-refractivity contribution < 1.29 is 18.3 Å². The number of hydrogen-bond donors (Lipinski definition) is 0. The first-order chi connectivity index (χ1) is 15.6. The quantitative estimate of drug-likeness (QED) is 0.566. The summed E-state index contributed by atoms with van der Waals surface area (Å²) in [5.41, 5.74) is 0.747. The van der Waals surface area contributed by atoms with Crippen molar-refractivity contribution in [3.63, 3.8) is 0 Å².